The molecular formula is C49H45BN2S. The molecule has 4 heteroatoms. The Labute approximate surface area is 318 Å². The molecule has 2 atom stereocenters. The lowest BCUT2D eigenvalue weighted by molar-refractivity contribution is 0.195. The number of hydrogen-bond donors (Lipinski definition) is 0. The summed E-state index contributed by atoms with van der Waals surface area (Å²) in [4.78, 5) is 5.66. The normalized spacial score (nSPS) is 21.1. The molecule has 0 saturated heterocycles. The molecule has 0 amide bonds. The third-order valence-corrected chi connectivity index (χ3v) is 15.0. The molecular weight excluding hydrogens is 659 g/mol. The Morgan fingerprint density at radius 1 is 0.679 bits per heavy atom. The number of fused-ring (bicyclic) bond motifs is 11. The topological polar surface area (TPSA) is 6.48 Å². The lowest BCUT2D eigenvalue weighted by atomic mass is 9.43. The van der Waals surface area contributed by atoms with Crippen LogP contribution in [0.5, 0.6) is 0 Å². The largest absolute Gasteiger partial charge is 0.375 e. The number of para-hydroxylation sites is 1. The predicted octanol–water partition coefficient (Wildman–Crippen LogP) is 12.3. The zero-order valence-electron chi connectivity index (χ0n) is 31.7. The van der Waals surface area contributed by atoms with Gasteiger partial charge in [0, 0.05) is 43.5 Å². The molecule has 11 rings (SSSR count). The fourth-order valence-electron chi connectivity index (χ4n) is 10.9. The van der Waals surface area contributed by atoms with E-state index in [0.717, 1.165) is 0 Å². The molecule has 1 fully saturated rings. The lowest BCUT2D eigenvalue weighted by Gasteiger charge is -2.53. The highest BCUT2D eigenvalue weighted by molar-refractivity contribution is 7.26. The van der Waals surface area contributed by atoms with Gasteiger partial charge in [0.05, 0.1) is 15.9 Å². The van der Waals surface area contributed by atoms with E-state index in [1.807, 2.05) is 11.3 Å². The summed E-state index contributed by atoms with van der Waals surface area (Å²) in [6.07, 6.45) is 4.96. The van der Waals surface area contributed by atoms with Crippen molar-refractivity contribution < 1.29 is 0 Å². The van der Waals surface area contributed by atoms with Crippen LogP contribution in [-0.4, -0.2) is 12.4 Å². The molecule has 1 aromatic heterocycles. The quantitative estimate of drug-likeness (QED) is 0.165. The van der Waals surface area contributed by atoms with Crippen LogP contribution in [0.4, 0.5) is 22.7 Å². The third kappa shape index (κ3) is 4.06. The monoisotopic (exact) mass is 704 g/mol. The fourth-order valence-corrected chi connectivity index (χ4v) is 12.1. The van der Waals surface area contributed by atoms with Crippen molar-refractivity contribution >= 4 is 72.0 Å². The molecule has 6 aromatic carbocycles. The van der Waals surface area contributed by atoms with Crippen LogP contribution < -0.4 is 20.6 Å². The Morgan fingerprint density at radius 2 is 1.43 bits per heavy atom. The molecule has 0 bridgehead atoms. The van der Waals surface area contributed by atoms with Crippen molar-refractivity contribution in [3.63, 3.8) is 0 Å². The minimum atomic E-state index is -0.0317. The highest BCUT2D eigenvalue weighted by Gasteiger charge is 2.62. The number of rotatable bonds is 2. The minimum Gasteiger partial charge on any atom is -0.375 e. The van der Waals surface area contributed by atoms with Crippen LogP contribution >= 0.6 is 11.3 Å². The Balaban J connectivity index is 1.35. The molecule has 0 N–H and O–H groups in total. The van der Waals surface area contributed by atoms with Gasteiger partial charge >= 0.3 is 6.85 Å². The number of anilines is 4. The average Bonchev–Trinajstić information content (AvgIpc) is 3.64. The van der Waals surface area contributed by atoms with E-state index in [4.69, 9.17) is 0 Å². The summed E-state index contributed by atoms with van der Waals surface area (Å²) in [7, 11) is 0. The summed E-state index contributed by atoms with van der Waals surface area (Å²) < 4.78 is 2.73. The molecule has 1 aliphatic carbocycles. The van der Waals surface area contributed by atoms with Gasteiger partial charge in [-0.15, -0.1) is 11.3 Å². The molecule has 2 nitrogen and oxygen atoms in total. The zero-order chi connectivity index (χ0) is 36.0. The van der Waals surface area contributed by atoms with Crippen molar-refractivity contribution in [2.24, 2.45) is 0 Å². The second-order valence-corrected chi connectivity index (χ2v) is 18.7. The highest BCUT2D eigenvalue weighted by atomic mass is 32.1. The molecule has 0 spiro atoms. The Kier molecular flexibility index (Phi) is 6.38. The van der Waals surface area contributed by atoms with Gasteiger partial charge in [-0.2, -0.15) is 0 Å². The van der Waals surface area contributed by atoms with E-state index in [9.17, 15) is 0 Å². The molecule has 0 radical (unpaired) electrons. The summed E-state index contributed by atoms with van der Waals surface area (Å²) >= 11 is 1.96. The van der Waals surface area contributed by atoms with Gasteiger partial charge in [-0.25, -0.2) is 0 Å². The number of hydrogen-bond acceptors (Lipinski definition) is 3. The third-order valence-electron chi connectivity index (χ3n) is 13.9. The summed E-state index contributed by atoms with van der Waals surface area (Å²) in [5, 5.41) is 2.70. The van der Waals surface area contributed by atoms with E-state index < -0.39 is 0 Å². The molecule has 3 aliphatic heterocycles. The van der Waals surface area contributed by atoms with Gasteiger partial charge in [0.2, 0.25) is 0 Å². The molecule has 53 heavy (non-hydrogen) atoms. The Hall–Kier alpha value is -4.80. The van der Waals surface area contributed by atoms with E-state index in [2.05, 4.69) is 167 Å². The second-order valence-electron chi connectivity index (χ2n) is 17.7. The number of nitrogens with zero attached hydrogens (tertiary/aromatic N) is 2. The summed E-state index contributed by atoms with van der Waals surface area (Å²) in [5.41, 5.74) is 18.1. The van der Waals surface area contributed by atoms with Gasteiger partial charge in [-0.3, -0.25) is 0 Å². The maximum absolute atomic E-state index is 2.88. The maximum atomic E-state index is 2.88. The first kappa shape index (κ1) is 31.7. The number of thiophene rings is 1. The van der Waals surface area contributed by atoms with E-state index in [0.29, 0.717) is 0 Å². The van der Waals surface area contributed by atoms with Crippen LogP contribution in [0.15, 0.2) is 115 Å². The fraction of sp³-hybridized carbons (Fsp3) is 0.265. The van der Waals surface area contributed by atoms with Crippen molar-refractivity contribution in [3.05, 3.63) is 132 Å². The molecule has 1 saturated carbocycles. The van der Waals surface area contributed by atoms with E-state index in [-0.39, 0.29) is 23.2 Å². The van der Waals surface area contributed by atoms with Gasteiger partial charge in [-0.1, -0.05) is 132 Å². The SMILES string of the molecule is Cc1ccccc1N1B2c3cc(C(C)(C)C)cc4c3N(c3cc(-c5ccccc5)cc(c32)-c2ccc3c(sc5ccccc53)c21)C1(C)CCCCC41C. The van der Waals surface area contributed by atoms with E-state index in [1.165, 1.54) is 113 Å². The summed E-state index contributed by atoms with van der Waals surface area (Å²) in [5.74, 6) is 0. The van der Waals surface area contributed by atoms with E-state index >= 15 is 0 Å². The molecule has 4 aliphatic rings. The number of aryl methyl sites for hydroxylation is 1. The smallest absolute Gasteiger partial charge is 0.333 e. The first-order chi connectivity index (χ1) is 25.6. The van der Waals surface area contributed by atoms with Crippen molar-refractivity contribution in [1.29, 1.82) is 0 Å². The summed E-state index contributed by atoms with van der Waals surface area (Å²) in [6.45, 7) is 14.7. The van der Waals surface area contributed by atoms with Gasteiger partial charge in [0.25, 0.3) is 0 Å². The van der Waals surface area contributed by atoms with Crippen LogP contribution in [0.25, 0.3) is 42.4 Å². The summed E-state index contributed by atoms with van der Waals surface area (Å²) in [6, 6.07) is 44.4. The van der Waals surface area contributed by atoms with Gasteiger partial charge in [-0.05, 0) is 101 Å². The standard InChI is InChI=1S/C49H45BN2S/c1-30-16-10-12-20-40(30)52-44-35(22-23-36-34-19-11-13-21-42(34)53-46(36)44)37-26-32(31-17-8-7-9-18-31)27-41-43(37)50(52)39-29-33(47(2,3)4)28-38-45(39)51(41)49(6)25-15-14-24-48(38,49)5/h7-13,16-23,26-29H,14-15,24-25H2,1-6H3. The second kappa shape index (κ2) is 10.7. The van der Waals surface area contributed by atoms with Crippen molar-refractivity contribution in [3.8, 4) is 22.3 Å². The van der Waals surface area contributed by atoms with Crippen molar-refractivity contribution in [2.45, 2.75) is 83.6 Å². The first-order valence-corrected chi connectivity index (χ1v) is 20.4. The first-order valence-electron chi connectivity index (χ1n) is 19.6. The van der Waals surface area contributed by atoms with Crippen LogP contribution in [-0.2, 0) is 10.8 Å². The van der Waals surface area contributed by atoms with Crippen LogP contribution in [0, 0.1) is 6.92 Å². The van der Waals surface area contributed by atoms with Crippen LogP contribution in [0.3, 0.4) is 0 Å². The van der Waals surface area contributed by atoms with Gasteiger partial charge < -0.3 is 9.71 Å². The van der Waals surface area contributed by atoms with Crippen molar-refractivity contribution in [2.75, 3.05) is 9.71 Å². The lowest BCUT2D eigenvalue weighted by Crippen LogP contribution is -2.64. The zero-order valence-corrected chi connectivity index (χ0v) is 32.5. The van der Waals surface area contributed by atoms with Gasteiger partial charge in [0.15, 0.2) is 0 Å². The molecule has 260 valence electrons. The Morgan fingerprint density at radius 3 is 2.25 bits per heavy atom. The predicted molar refractivity (Wildman–Crippen MR) is 230 cm³/mol. The van der Waals surface area contributed by atoms with Crippen LogP contribution in [0.1, 0.15) is 77.0 Å². The van der Waals surface area contributed by atoms with Gasteiger partial charge in [0.1, 0.15) is 0 Å². The molecule has 7 aromatic rings. The minimum absolute atomic E-state index is 0.0134. The average molecular weight is 705 g/mol. The van der Waals surface area contributed by atoms with E-state index in [1.54, 1.807) is 5.56 Å². The molecule has 2 unspecified atom stereocenters. The molecule has 4 heterocycles. The highest BCUT2D eigenvalue weighted by Crippen LogP contribution is 2.63. The number of benzene rings is 6. The van der Waals surface area contributed by atoms with Crippen molar-refractivity contribution in [1.82, 2.24) is 0 Å². The van der Waals surface area contributed by atoms with Crippen LogP contribution in [0.2, 0.25) is 0 Å². The Bertz CT molecular complexity index is 2680. The maximum Gasteiger partial charge on any atom is 0.333 e.